The second kappa shape index (κ2) is 36900. The molecule has 0 nitrogen and oxygen atoms in total. The van der Waals surface area contributed by atoms with Gasteiger partial charge in [0.05, 0.1) is 7.85 Å². The van der Waals surface area contributed by atoms with Crippen LogP contribution in [0.5, 0.6) is 0 Å². The lowest BCUT2D eigenvalue weighted by Gasteiger charge is -1.07. The highest BCUT2D eigenvalue weighted by Crippen LogP contribution is 1.15. The second-order valence-corrected chi connectivity index (χ2v) is 0. The zero-order valence-corrected chi connectivity index (χ0v) is 5.58. The summed E-state index contributed by atoms with van der Waals surface area (Å²) >= 11 is 0. The van der Waals surface area contributed by atoms with Crippen LogP contribution in [0, 0.1) is 0 Å². The lowest BCUT2D eigenvalue weighted by atomic mass is 10.2. The first-order valence-electron chi connectivity index (χ1n) is 2.58. The summed E-state index contributed by atoms with van der Waals surface area (Å²) in [6, 6.07) is 0. The van der Waals surface area contributed by atoms with E-state index < -0.39 is 0 Å². The summed E-state index contributed by atoms with van der Waals surface area (Å²) in [5.41, 5.74) is 0. The third-order valence-corrected chi connectivity index (χ3v) is 0. The molecule has 0 aromatic carbocycles. The van der Waals surface area contributed by atoms with Gasteiger partial charge in [0.2, 0.25) is 0 Å². The van der Waals surface area contributed by atoms with Gasteiger partial charge in [-0.1, -0.05) is 41.9 Å². The molecular formula is C6H19B. The van der Waals surface area contributed by atoms with Gasteiger partial charge in [0.15, 0.2) is 0 Å². The topological polar surface area (TPSA) is 0 Å². The fourth-order valence-corrected chi connectivity index (χ4v) is 0. The lowest BCUT2D eigenvalue weighted by molar-refractivity contribution is 1.50. The summed E-state index contributed by atoms with van der Waals surface area (Å²) in [6.07, 6.45) is 0. The first-order chi connectivity index (χ1) is 3.00. The molecule has 0 atom stereocenters. The summed E-state index contributed by atoms with van der Waals surface area (Å²) in [5.74, 6) is 0. The maximum Gasteiger partial charge on any atom is 0.0606 e. The van der Waals surface area contributed by atoms with E-state index in [2.05, 4.69) is 7.85 Å². The van der Waals surface area contributed by atoms with Crippen LogP contribution in [-0.4, -0.2) is 7.85 Å². The molecule has 0 aliphatic carbocycles. The summed E-state index contributed by atoms with van der Waals surface area (Å²) < 4.78 is 0. The van der Waals surface area contributed by atoms with Crippen molar-refractivity contribution < 1.29 is 0 Å². The smallest absolute Gasteiger partial charge is 0.0606 e. The van der Waals surface area contributed by atoms with Gasteiger partial charge in [0, 0.05) is 0 Å². The Morgan fingerprint density at radius 2 is 0.714 bits per heavy atom. The molecule has 0 saturated carbocycles. The molecule has 0 aliphatic rings. The van der Waals surface area contributed by atoms with E-state index in [1.54, 1.807) is 0 Å². The van der Waals surface area contributed by atoms with Crippen LogP contribution < -0.4 is 0 Å². The van der Waals surface area contributed by atoms with Crippen molar-refractivity contribution in [2.45, 2.75) is 41.9 Å². The third-order valence-electron chi connectivity index (χ3n) is 0. The standard InChI is InChI=1S/2C2H6.CH3B.CH4/c3*1-2;/h2*1-2H3;1H3;1H4. The average Bonchev–Trinajstić information content (AvgIpc) is 1.81. The molecule has 0 bridgehead atoms. The SMILES string of the molecule is C.CC.CC.[B]C. The predicted octanol–water partition coefficient (Wildman–Crippen LogP) is 2.89. The zero-order chi connectivity index (χ0) is 6.00. The van der Waals surface area contributed by atoms with E-state index in [1.807, 2.05) is 27.7 Å². The summed E-state index contributed by atoms with van der Waals surface area (Å²) in [7, 11) is 4.50. The maximum atomic E-state index is 4.50. The molecule has 0 N–H and O–H groups in total. The molecule has 1 heteroatoms. The molecule has 0 spiro atoms. The molecule has 0 heterocycles. The van der Waals surface area contributed by atoms with Gasteiger partial charge < -0.3 is 0 Å². The summed E-state index contributed by atoms with van der Waals surface area (Å²) in [5, 5.41) is 0. The Morgan fingerprint density at radius 1 is 0.714 bits per heavy atom. The minimum Gasteiger partial charge on any atom is -0.0999 e. The minimum absolute atomic E-state index is 0. The van der Waals surface area contributed by atoms with Crippen LogP contribution in [0.15, 0.2) is 0 Å². The quantitative estimate of drug-likeness (QED) is 0.412. The highest BCUT2D eigenvalue weighted by atomic mass is 13.0. The zero-order valence-electron chi connectivity index (χ0n) is 5.58. The van der Waals surface area contributed by atoms with Gasteiger partial charge >= 0.3 is 0 Å². The molecule has 0 fully saturated rings. The van der Waals surface area contributed by atoms with Crippen molar-refractivity contribution in [3.05, 3.63) is 0 Å². The van der Waals surface area contributed by atoms with E-state index in [1.165, 1.54) is 6.82 Å². The van der Waals surface area contributed by atoms with Gasteiger partial charge in [-0.3, -0.25) is 0 Å². The van der Waals surface area contributed by atoms with Gasteiger partial charge in [-0.15, -0.1) is 0 Å². The van der Waals surface area contributed by atoms with Crippen LogP contribution in [0.25, 0.3) is 0 Å². The summed E-state index contributed by atoms with van der Waals surface area (Å²) in [6.45, 7) is 9.50. The number of hydrogen-bond acceptors (Lipinski definition) is 0. The maximum absolute atomic E-state index is 4.50. The van der Waals surface area contributed by atoms with Gasteiger partial charge in [0.25, 0.3) is 0 Å². The van der Waals surface area contributed by atoms with E-state index in [9.17, 15) is 0 Å². The number of rotatable bonds is 0. The van der Waals surface area contributed by atoms with E-state index in [4.69, 9.17) is 0 Å². The van der Waals surface area contributed by atoms with Crippen molar-refractivity contribution >= 4 is 7.85 Å². The predicted molar refractivity (Wildman–Crippen MR) is 41.0 cm³/mol. The largest absolute Gasteiger partial charge is 0.0999 e. The van der Waals surface area contributed by atoms with Crippen LogP contribution in [0.2, 0.25) is 6.82 Å². The fourth-order valence-electron chi connectivity index (χ4n) is 0. The van der Waals surface area contributed by atoms with Crippen molar-refractivity contribution in [2.24, 2.45) is 0 Å². The summed E-state index contributed by atoms with van der Waals surface area (Å²) in [4.78, 5) is 0. The van der Waals surface area contributed by atoms with Crippen molar-refractivity contribution in [1.82, 2.24) is 0 Å². The monoisotopic (exact) mass is 102 g/mol. The molecule has 46 valence electrons. The van der Waals surface area contributed by atoms with Crippen LogP contribution >= 0.6 is 0 Å². The van der Waals surface area contributed by atoms with Crippen LogP contribution in [0.1, 0.15) is 35.1 Å². The van der Waals surface area contributed by atoms with Gasteiger partial charge in [0.1, 0.15) is 0 Å². The van der Waals surface area contributed by atoms with Crippen LogP contribution in [0.4, 0.5) is 0 Å². The first kappa shape index (κ1) is 27.7. The first-order valence-corrected chi connectivity index (χ1v) is 2.58. The minimum atomic E-state index is 0. The Morgan fingerprint density at radius 3 is 0.714 bits per heavy atom. The van der Waals surface area contributed by atoms with Crippen molar-refractivity contribution in [3.63, 3.8) is 0 Å². The fraction of sp³-hybridized carbons (Fsp3) is 1.00. The van der Waals surface area contributed by atoms with Crippen molar-refractivity contribution in [2.75, 3.05) is 0 Å². The van der Waals surface area contributed by atoms with E-state index in [-0.39, 0.29) is 7.43 Å². The molecule has 0 amide bonds. The molecule has 0 rings (SSSR count). The van der Waals surface area contributed by atoms with E-state index >= 15 is 0 Å². The average molecular weight is 102 g/mol. The Hall–Kier alpha value is 0.0649. The van der Waals surface area contributed by atoms with Crippen LogP contribution in [0.3, 0.4) is 0 Å². The molecule has 0 aromatic rings. The van der Waals surface area contributed by atoms with Gasteiger partial charge in [-0.25, -0.2) is 0 Å². The molecule has 0 saturated heterocycles. The molecule has 2 radical (unpaired) electrons. The van der Waals surface area contributed by atoms with Crippen molar-refractivity contribution in [1.29, 1.82) is 0 Å². The van der Waals surface area contributed by atoms with E-state index in [0.29, 0.717) is 0 Å². The molecule has 0 aliphatic heterocycles. The Labute approximate surface area is 50.7 Å². The highest BCUT2D eigenvalue weighted by molar-refractivity contribution is 6.05. The Balaban J connectivity index is -0.00000000900. The van der Waals surface area contributed by atoms with Gasteiger partial charge in [-0.05, 0) is 0 Å². The van der Waals surface area contributed by atoms with Gasteiger partial charge in [-0.2, -0.15) is 0 Å². The van der Waals surface area contributed by atoms with Crippen LogP contribution in [-0.2, 0) is 0 Å². The Bertz CT molecular complexity index is 4.14. The third kappa shape index (κ3) is 23800. The number of hydrogen-bond donors (Lipinski definition) is 0. The molecule has 7 heavy (non-hydrogen) atoms. The lowest BCUT2D eigenvalue weighted by Crippen LogP contribution is -1.13. The molecule has 0 aromatic heterocycles. The normalized spacial score (nSPS) is 2.43. The van der Waals surface area contributed by atoms with Crippen molar-refractivity contribution in [3.8, 4) is 0 Å². The molecule has 0 unspecified atom stereocenters. The molecular weight excluding hydrogens is 82.9 g/mol. The van der Waals surface area contributed by atoms with E-state index in [0.717, 1.165) is 0 Å². The highest BCUT2D eigenvalue weighted by Gasteiger charge is 0.984. The second-order valence-electron chi connectivity index (χ2n) is 0. The Kier molecular flexibility index (Phi) is 146000.